The van der Waals surface area contributed by atoms with Gasteiger partial charge in [0.15, 0.2) is 0 Å². The lowest BCUT2D eigenvalue weighted by molar-refractivity contribution is 0.101. The molecule has 0 fully saturated rings. The van der Waals surface area contributed by atoms with Crippen LogP contribution in [0.4, 0.5) is 11.5 Å². The Kier molecular flexibility index (Phi) is 6.46. The number of carbonyl (C=O) groups is 1. The molecule has 0 unspecified atom stereocenters. The lowest BCUT2D eigenvalue weighted by Gasteiger charge is -2.12. The van der Waals surface area contributed by atoms with Gasteiger partial charge < -0.3 is 9.88 Å². The van der Waals surface area contributed by atoms with Gasteiger partial charge in [0.1, 0.15) is 11.5 Å². The number of hydrogen-bond acceptors (Lipinski definition) is 4. The van der Waals surface area contributed by atoms with Crippen LogP contribution in [0.25, 0.3) is 10.9 Å². The molecule has 0 aliphatic carbocycles. The molecule has 0 aliphatic rings. The van der Waals surface area contributed by atoms with Crippen molar-refractivity contribution in [2.45, 2.75) is 38.1 Å². The lowest BCUT2D eigenvalue weighted by atomic mass is 10.1. The molecule has 0 radical (unpaired) electrons. The average molecular weight is 463 g/mol. The van der Waals surface area contributed by atoms with Crippen molar-refractivity contribution >= 4 is 38.3 Å². The molecule has 0 saturated heterocycles. The van der Waals surface area contributed by atoms with Gasteiger partial charge in [-0.1, -0.05) is 37.6 Å². The van der Waals surface area contributed by atoms with Crippen molar-refractivity contribution in [3.05, 3.63) is 84.2 Å². The number of amides is 1. The highest BCUT2D eigenvalue weighted by Crippen LogP contribution is 2.27. The Morgan fingerprint density at radius 1 is 1.00 bits per heavy atom. The molecule has 2 aromatic carbocycles. The summed E-state index contributed by atoms with van der Waals surface area (Å²) in [5.41, 5.74) is 3.11. The number of rotatable bonds is 8. The Hall–Kier alpha value is -3.65. The number of nitrogens with one attached hydrogen (secondary N) is 2. The third-order valence-electron chi connectivity index (χ3n) is 5.50. The minimum absolute atomic E-state index is 0.0828. The number of sulfonamides is 1. The number of pyridine rings is 1. The van der Waals surface area contributed by atoms with E-state index in [2.05, 4.69) is 26.5 Å². The summed E-state index contributed by atoms with van der Waals surface area (Å²) in [4.78, 5) is 17.3. The van der Waals surface area contributed by atoms with Crippen LogP contribution in [0, 0.1) is 6.92 Å². The number of anilines is 2. The molecule has 1 amide bonds. The van der Waals surface area contributed by atoms with Crippen molar-refractivity contribution in [1.82, 2.24) is 9.55 Å². The quantitative estimate of drug-likeness (QED) is 0.376. The minimum Gasteiger partial charge on any atom is -0.336 e. The van der Waals surface area contributed by atoms with Crippen LogP contribution in [-0.2, 0) is 16.6 Å². The van der Waals surface area contributed by atoms with E-state index in [4.69, 9.17) is 0 Å². The van der Waals surface area contributed by atoms with Gasteiger partial charge in [-0.15, -0.1) is 0 Å². The van der Waals surface area contributed by atoms with Crippen molar-refractivity contribution in [3.63, 3.8) is 0 Å². The van der Waals surface area contributed by atoms with Crippen molar-refractivity contribution in [2.24, 2.45) is 0 Å². The van der Waals surface area contributed by atoms with Crippen molar-refractivity contribution in [1.29, 1.82) is 0 Å². The van der Waals surface area contributed by atoms with Crippen LogP contribution in [0.2, 0.25) is 0 Å². The smallest absolute Gasteiger partial charge is 0.272 e. The number of aryl methyl sites for hydroxylation is 2. The van der Waals surface area contributed by atoms with Gasteiger partial charge in [-0.3, -0.25) is 9.52 Å². The summed E-state index contributed by atoms with van der Waals surface area (Å²) in [6.07, 6.45) is 3.50. The molecule has 8 heteroatoms. The highest BCUT2D eigenvalue weighted by atomic mass is 32.2. The zero-order valence-electron chi connectivity index (χ0n) is 18.6. The third-order valence-corrected chi connectivity index (χ3v) is 6.87. The van der Waals surface area contributed by atoms with E-state index in [1.807, 2.05) is 31.2 Å². The topological polar surface area (TPSA) is 93.1 Å². The summed E-state index contributed by atoms with van der Waals surface area (Å²) in [6.45, 7) is 4.83. The van der Waals surface area contributed by atoms with E-state index in [1.165, 1.54) is 18.3 Å². The van der Waals surface area contributed by atoms with E-state index < -0.39 is 10.0 Å². The van der Waals surface area contributed by atoms with Crippen LogP contribution < -0.4 is 10.0 Å². The van der Waals surface area contributed by atoms with Crippen molar-refractivity contribution in [2.75, 3.05) is 10.0 Å². The maximum Gasteiger partial charge on any atom is 0.272 e. The van der Waals surface area contributed by atoms with E-state index in [9.17, 15) is 13.2 Å². The van der Waals surface area contributed by atoms with E-state index in [0.717, 1.165) is 35.9 Å². The third kappa shape index (κ3) is 4.75. The van der Waals surface area contributed by atoms with Crippen LogP contribution in [0.1, 0.15) is 35.8 Å². The first-order valence-corrected chi connectivity index (χ1v) is 12.3. The molecule has 4 rings (SSSR count). The predicted octanol–water partition coefficient (Wildman–Crippen LogP) is 5.20. The number of hydrogen-bond donors (Lipinski definition) is 2. The first-order valence-electron chi connectivity index (χ1n) is 10.8. The van der Waals surface area contributed by atoms with Gasteiger partial charge in [-0.25, -0.2) is 13.4 Å². The Balaban J connectivity index is 1.57. The number of fused-ring (bicyclic) bond motifs is 1. The van der Waals surface area contributed by atoms with Gasteiger partial charge >= 0.3 is 0 Å². The zero-order valence-corrected chi connectivity index (χ0v) is 19.4. The molecule has 2 N–H and O–H groups in total. The van der Waals surface area contributed by atoms with E-state index >= 15 is 0 Å². The van der Waals surface area contributed by atoms with Gasteiger partial charge in [-0.2, -0.15) is 0 Å². The Morgan fingerprint density at radius 3 is 2.42 bits per heavy atom. The Morgan fingerprint density at radius 2 is 1.73 bits per heavy atom. The van der Waals surface area contributed by atoms with Gasteiger partial charge in [0.05, 0.1) is 4.90 Å². The van der Waals surface area contributed by atoms with Crippen molar-refractivity contribution in [3.8, 4) is 0 Å². The first-order chi connectivity index (χ1) is 15.9. The summed E-state index contributed by atoms with van der Waals surface area (Å²) in [7, 11) is -3.78. The van der Waals surface area contributed by atoms with Crippen LogP contribution >= 0.6 is 0 Å². The molecule has 0 saturated carbocycles. The van der Waals surface area contributed by atoms with Crippen LogP contribution in [0.3, 0.4) is 0 Å². The molecular formula is C25H26N4O3S. The van der Waals surface area contributed by atoms with Gasteiger partial charge in [0, 0.05) is 29.3 Å². The molecular weight excluding hydrogens is 436 g/mol. The summed E-state index contributed by atoms with van der Waals surface area (Å²) in [6, 6.07) is 19.1. The standard InChI is InChI=1S/C25H26N4O3S/c1-3-4-17-29-22-10-6-5-9-21(22)18(2)24(29)25(30)27-19-12-14-20(15-13-19)33(31,32)28-23-11-7-8-16-26-23/h5-16H,3-4,17H2,1-2H3,(H,26,28)(H,27,30). The molecule has 0 aliphatic heterocycles. The summed E-state index contributed by atoms with van der Waals surface area (Å²) in [5.74, 6) is 0.0206. The minimum atomic E-state index is -3.78. The maximum absolute atomic E-state index is 13.2. The second-order valence-corrected chi connectivity index (χ2v) is 9.48. The number of benzene rings is 2. The predicted molar refractivity (Wildman–Crippen MR) is 131 cm³/mol. The summed E-state index contributed by atoms with van der Waals surface area (Å²) in [5, 5.41) is 3.97. The number of nitrogens with zero attached hydrogens (tertiary/aromatic N) is 2. The SMILES string of the molecule is CCCCn1c(C(=O)Nc2ccc(S(=O)(=O)Nc3ccccn3)cc2)c(C)c2ccccc21. The molecule has 2 heterocycles. The highest BCUT2D eigenvalue weighted by molar-refractivity contribution is 7.92. The van der Waals surface area contributed by atoms with Crippen molar-refractivity contribution < 1.29 is 13.2 Å². The fourth-order valence-corrected chi connectivity index (χ4v) is 4.85. The fourth-order valence-electron chi connectivity index (χ4n) is 3.85. The number of aromatic nitrogens is 2. The van der Waals surface area contributed by atoms with Crippen LogP contribution in [0.5, 0.6) is 0 Å². The molecule has 0 spiro atoms. The highest BCUT2D eigenvalue weighted by Gasteiger charge is 2.20. The average Bonchev–Trinajstić information content (AvgIpc) is 3.10. The van der Waals surface area contributed by atoms with E-state index in [0.29, 0.717) is 11.4 Å². The normalized spacial score (nSPS) is 11.5. The maximum atomic E-state index is 13.2. The molecule has 4 aromatic rings. The van der Waals surface area contributed by atoms with E-state index in [1.54, 1.807) is 30.3 Å². The fraction of sp³-hybridized carbons (Fsp3) is 0.200. The van der Waals surface area contributed by atoms with Gasteiger partial charge in [-0.05, 0) is 61.4 Å². The van der Waals surface area contributed by atoms with Gasteiger partial charge in [0.2, 0.25) is 0 Å². The van der Waals surface area contributed by atoms with Crippen LogP contribution in [-0.4, -0.2) is 23.9 Å². The zero-order chi connectivity index (χ0) is 23.4. The van der Waals surface area contributed by atoms with Crippen LogP contribution in [0.15, 0.2) is 77.8 Å². The number of para-hydroxylation sites is 1. The largest absolute Gasteiger partial charge is 0.336 e. The first kappa shape index (κ1) is 22.5. The van der Waals surface area contributed by atoms with E-state index in [-0.39, 0.29) is 16.6 Å². The Bertz CT molecular complexity index is 1380. The molecule has 7 nitrogen and oxygen atoms in total. The molecule has 33 heavy (non-hydrogen) atoms. The lowest BCUT2D eigenvalue weighted by Crippen LogP contribution is -2.18. The summed E-state index contributed by atoms with van der Waals surface area (Å²) >= 11 is 0. The van der Waals surface area contributed by atoms with Gasteiger partial charge in [0.25, 0.3) is 15.9 Å². The summed E-state index contributed by atoms with van der Waals surface area (Å²) < 4.78 is 29.7. The number of unbranched alkanes of at least 4 members (excludes halogenated alkanes) is 1. The molecule has 2 aromatic heterocycles. The monoisotopic (exact) mass is 462 g/mol. The molecule has 0 atom stereocenters. The Labute approximate surface area is 193 Å². The molecule has 170 valence electrons. The second-order valence-electron chi connectivity index (χ2n) is 7.79. The number of carbonyl (C=O) groups excluding carboxylic acids is 1. The second kappa shape index (κ2) is 9.46. The molecule has 0 bridgehead atoms.